The first-order valence-electron chi connectivity index (χ1n) is 9.16. The van der Waals surface area contributed by atoms with Crippen molar-refractivity contribution in [3.8, 4) is 0 Å². The first kappa shape index (κ1) is 22.5. The molecule has 0 aliphatic heterocycles. The predicted octanol–water partition coefficient (Wildman–Crippen LogP) is 3.45. The highest BCUT2D eigenvalue weighted by atomic mass is 16.6. The van der Waals surface area contributed by atoms with Crippen molar-refractivity contribution in [3.05, 3.63) is 83.9 Å². The van der Waals surface area contributed by atoms with E-state index in [-0.39, 0.29) is 16.7 Å². The van der Waals surface area contributed by atoms with E-state index in [4.69, 9.17) is 4.74 Å². The van der Waals surface area contributed by atoms with Gasteiger partial charge < -0.3 is 14.9 Å². The van der Waals surface area contributed by atoms with Crippen molar-refractivity contribution in [1.29, 1.82) is 0 Å². The molecule has 2 atom stereocenters. The number of rotatable bonds is 9. The van der Waals surface area contributed by atoms with E-state index in [9.17, 15) is 29.4 Å². The van der Waals surface area contributed by atoms with Crippen LogP contribution in [0, 0.1) is 5.41 Å². The molecule has 0 heterocycles. The molecule has 0 bridgehead atoms. The third-order valence-electron chi connectivity index (χ3n) is 5.00. The molecule has 2 rings (SSSR count). The number of hydrogen-bond acceptors (Lipinski definition) is 5. The molecule has 0 amide bonds. The molecule has 30 heavy (non-hydrogen) atoms. The molecular weight excluding hydrogens is 388 g/mol. The smallest absolute Gasteiger partial charge is 0.354 e. The van der Waals surface area contributed by atoms with Crippen LogP contribution in [-0.4, -0.2) is 33.9 Å². The third kappa shape index (κ3) is 3.50. The Morgan fingerprint density at radius 3 is 1.80 bits per heavy atom. The Morgan fingerprint density at radius 1 is 0.900 bits per heavy atom. The van der Waals surface area contributed by atoms with Gasteiger partial charge in [0.1, 0.15) is 0 Å². The van der Waals surface area contributed by atoms with Crippen LogP contribution in [0.2, 0.25) is 0 Å². The van der Waals surface area contributed by atoms with Crippen LogP contribution in [-0.2, 0) is 24.7 Å². The van der Waals surface area contributed by atoms with E-state index in [1.165, 1.54) is 62.4 Å². The Balaban J connectivity index is 2.97. The van der Waals surface area contributed by atoms with Crippen molar-refractivity contribution < 1.29 is 34.1 Å². The summed E-state index contributed by atoms with van der Waals surface area (Å²) in [4.78, 5) is 51.4. The van der Waals surface area contributed by atoms with E-state index in [0.717, 1.165) is 0 Å². The average molecular weight is 410 g/mol. The first-order chi connectivity index (χ1) is 14.1. The van der Waals surface area contributed by atoms with Gasteiger partial charge in [-0.1, -0.05) is 74.2 Å². The fourth-order valence-electron chi connectivity index (χ4n) is 3.45. The van der Waals surface area contributed by atoms with Crippen LogP contribution < -0.4 is 0 Å². The lowest BCUT2D eigenvalue weighted by atomic mass is 9.62. The van der Waals surface area contributed by atoms with Gasteiger partial charge in [-0.15, -0.1) is 0 Å². The fourth-order valence-corrected chi connectivity index (χ4v) is 3.45. The zero-order valence-corrected chi connectivity index (χ0v) is 16.6. The molecule has 7 nitrogen and oxygen atoms in total. The van der Waals surface area contributed by atoms with Gasteiger partial charge >= 0.3 is 17.9 Å². The molecule has 2 N–H and O–H groups in total. The van der Waals surface area contributed by atoms with Gasteiger partial charge in [0.15, 0.2) is 11.2 Å². The van der Waals surface area contributed by atoms with Crippen molar-refractivity contribution in [2.45, 2.75) is 25.9 Å². The molecular formula is C23H22O7. The van der Waals surface area contributed by atoms with E-state index < -0.39 is 41.1 Å². The minimum Gasteiger partial charge on any atom is -0.480 e. The minimum absolute atomic E-state index is 0.0188. The summed E-state index contributed by atoms with van der Waals surface area (Å²) in [6, 6.07) is 14.6. The SMILES string of the molecule is C=C(C)C(=O)OC(C(=O)O)(c1ccccc1)C(CC)(C(=O)O)C(=O)c1ccccc1. The van der Waals surface area contributed by atoms with Gasteiger partial charge in [-0.25, -0.2) is 9.59 Å². The van der Waals surface area contributed by atoms with Crippen molar-refractivity contribution >= 4 is 23.7 Å². The van der Waals surface area contributed by atoms with Crippen LogP contribution in [0.3, 0.4) is 0 Å². The number of carboxylic acid groups (broad SMARTS) is 2. The molecule has 0 saturated carbocycles. The monoisotopic (exact) mass is 410 g/mol. The van der Waals surface area contributed by atoms with Crippen LogP contribution in [0.5, 0.6) is 0 Å². The largest absolute Gasteiger partial charge is 0.480 e. The van der Waals surface area contributed by atoms with E-state index in [2.05, 4.69) is 6.58 Å². The second-order valence-electron chi connectivity index (χ2n) is 6.78. The van der Waals surface area contributed by atoms with Crippen LogP contribution in [0.4, 0.5) is 0 Å². The van der Waals surface area contributed by atoms with E-state index >= 15 is 0 Å². The van der Waals surface area contributed by atoms with Gasteiger partial charge in [0.05, 0.1) is 0 Å². The molecule has 0 aromatic heterocycles. The number of carbonyl (C=O) groups excluding carboxylic acids is 2. The lowest BCUT2D eigenvalue weighted by Gasteiger charge is -2.42. The summed E-state index contributed by atoms with van der Waals surface area (Å²) >= 11 is 0. The number of esters is 1. The summed E-state index contributed by atoms with van der Waals surface area (Å²) in [7, 11) is 0. The van der Waals surface area contributed by atoms with Crippen molar-refractivity contribution in [2.24, 2.45) is 5.41 Å². The number of ether oxygens (including phenoxy) is 1. The summed E-state index contributed by atoms with van der Waals surface area (Å²) in [6.45, 7) is 6.11. The number of carboxylic acids is 2. The molecule has 0 saturated heterocycles. The maximum Gasteiger partial charge on any atom is 0.354 e. The highest BCUT2D eigenvalue weighted by molar-refractivity contribution is 6.16. The quantitative estimate of drug-likeness (QED) is 0.281. The van der Waals surface area contributed by atoms with E-state index in [1.807, 2.05) is 0 Å². The van der Waals surface area contributed by atoms with Crippen LogP contribution >= 0.6 is 0 Å². The van der Waals surface area contributed by atoms with E-state index in [0.29, 0.717) is 0 Å². The molecule has 7 heteroatoms. The molecule has 0 spiro atoms. The normalized spacial score (nSPS) is 14.6. The average Bonchev–Trinajstić information content (AvgIpc) is 2.74. The summed E-state index contributed by atoms with van der Waals surface area (Å²) in [5.74, 6) is -5.61. The molecule has 2 aromatic carbocycles. The molecule has 156 valence electrons. The molecule has 2 unspecified atom stereocenters. The Morgan fingerprint density at radius 2 is 1.40 bits per heavy atom. The topological polar surface area (TPSA) is 118 Å². The van der Waals surface area contributed by atoms with E-state index in [1.54, 1.807) is 12.1 Å². The maximum absolute atomic E-state index is 13.6. The van der Waals surface area contributed by atoms with Crippen molar-refractivity contribution in [2.75, 3.05) is 0 Å². The summed E-state index contributed by atoms with van der Waals surface area (Å²) in [5, 5.41) is 20.6. The fraction of sp³-hybridized carbons (Fsp3) is 0.217. The van der Waals surface area contributed by atoms with Gasteiger partial charge in [-0.2, -0.15) is 0 Å². The highest BCUT2D eigenvalue weighted by Gasteiger charge is 2.69. The first-order valence-corrected chi connectivity index (χ1v) is 9.16. The molecule has 0 fully saturated rings. The zero-order valence-electron chi connectivity index (χ0n) is 16.6. The number of benzene rings is 2. The third-order valence-corrected chi connectivity index (χ3v) is 5.00. The maximum atomic E-state index is 13.6. The van der Waals surface area contributed by atoms with Gasteiger partial charge in [0.2, 0.25) is 0 Å². The Hall–Kier alpha value is -3.74. The van der Waals surface area contributed by atoms with Crippen LogP contribution in [0.25, 0.3) is 0 Å². The van der Waals surface area contributed by atoms with Gasteiger partial charge in [0, 0.05) is 16.7 Å². The second-order valence-corrected chi connectivity index (χ2v) is 6.78. The van der Waals surface area contributed by atoms with Crippen molar-refractivity contribution in [1.82, 2.24) is 0 Å². The van der Waals surface area contributed by atoms with Crippen LogP contribution in [0.1, 0.15) is 36.2 Å². The Bertz CT molecular complexity index is 981. The lowest BCUT2D eigenvalue weighted by Crippen LogP contribution is -2.62. The summed E-state index contributed by atoms with van der Waals surface area (Å²) in [6.07, 6.45) is -0.458. The van der Waals surface area contributed by atoms with Crippen LogP contribution in [0.15, 0.2) is 72.8 Å². The number of aliphatic carboxylic acids is 2. The molecule has 0 aliphatic rings. The highest BCUT2D eigenvalue weighted by Crippen LogP contribution is 2.49. The second kappa shape index (κ2) is 8.73. The molecule has 0 radical (unpaired) electrons. The summed E-state index contributed by atoms with van der Waals surface area (Å²) in [5.41, 5.74) is -5.79. The Labute approximate surface area is 173 Å². The van der Waals surface area contributed by atoms with Gasteiger partial charge in [0.25, 0.3) is 5.60 Å². The summed E-state index contributed by atoms with van der Waals surface area (Å²) < 4.78 is 5.37. The number of ketones is 1. The lowest BCUT2D eigenvalue weighted by molar-refractivity contribution is -0.199. The van der Waals surface area contributed by atoms with Gasteiger partial charge in [-0.05, 0) is 13.3 Å². The Kier molecular flexibility index (Phi) is 6.56. The number of carbonyl (C=O) groups is 4. The zero-order chi connectivity index (χ0) is 22.5. The molecule has 2 aromatic rings. The standard InChI is InChI=1S/C23H22O7/c1-4-22(20(26)27,18(24)16-11-7-5-8-12-16)23(21(28)29,30-19(25)15(2)3)17-13-9-6-10-14-17/h5-14H,2,4H2,1,3H3,(H,26,27)(H,28,29). The number of Topliss-reactive ketones (excluding diaryl/α,β-unsaturated/α-hetero) is 1. The minimum atomic E-state index is -2.84. The molecule has 0 aliphatic carbocycles. The van der Waals surface area contributed by atoms with Crippen molar-refractivity contribution in [3.63, 3.8) is 0 Å². The van der Waals surface area contributed by atoms with Gasteiger partial charge in [-0.3, -0.25) is 9.59 Å². The number of hydrogen-bond donors (Lipinski definition) is 2. The predicted molar refractivity (Wildman–Crippen MR) is 108 cm³/mol.